The van der Waals surface area contributed by atoms with Gasteiger partial charge in [0.2, 0.25) is 11.6 Å². The fourth-order valence-corrected chi connectivity index (χ4v) is 1.88. The number of aromatic hydroxyl groups is 1. The van der Waals surface area contributed by atoms with E-state index in [4.69, 9.17) is 0 Å². The molecule has 2 N–H and O–H groups in total. The van der Waals surface area contributed by atoms with Gasteiger partial charge in [-0.1, -0.05) is 0 Å². The number of ketones is 3. The number of phenolic OH excluding ortho intramolecular Hbond substituents is 1. The van der Waals surface area contributed by atoms with Crippen molar-refractivity contribution in [3.8, 4) is 5.75 Å². The highest BCUT2D eigenvalue weighted by Gasteiger charge is 2.35. The Bertz CT molecular complexity index is 637. The van der Waals surface area contributed by atoms with Gasteiger partial charge in [0.25, 0.3) is 0 Å². The van der Waals surface area contributed by atoms with Crippen molar-refractivity contribution in [3.05, 3.63) is 34.4 Å². The van der Waals surface area contributed by atoms with Crippen LogP contribution in [0.1, 0.15) is 28.4 Å². The number of carbonyl (C=O) groups excluding carboxylic acids is 3. The summed E-state index contributed by atoms with van der Waals surface area (Å²) in [5, 5.41) is 19.4. The molecule has 1 aliphatic rings. The van der Waals surface area contributed by atoms with Gasteiger partial charge in [0.1, 0.15) is 17.1 Å². The number of carbonyl (C=O) groups is 3. The zero-order valence-electron chi connectivity index (χ0n) is 9.77. The number of Topliss-reactive ketones (excluding diaryl/α,β-unsaturated/α-hetero) is 3. The standard InChI is InChI=1S/C13H10O5/c1-5-3-7-8(4-9(5)15)12(17)13(18)10(6(2)14)11(7)16/h3-4,15-16H,1-2H3. The normalized spacial score (nSPS) is 14.8. The molecule has 0 saturated heterocycles. The number of aliphatic hydroxyl groups excluding tert-OH is 1. The molecule has 2 rings (SSSR count). The summed E-state index contributed by atoms with van der Waals surface area (Å²) < 4.78 is 0. The Morgan fingerprint density at radius 3 is 2.22 bits per heavy atom. The summed E-state index contributed by atoms with van der Waals surface area (Å²) in [5.74, 6) is -3.26. The molecule has 1 aliphatic carbocycles. The minimum atomic E-state index is -1.05. The summed E-state index contributed by atoms with van der Waals surface area (Å²) in [7, 11) is 0. The summed E-state index contributed by atoms with van der Waals surface area (Å²) in [4.78, 5) is 34.7. The molecule has 0 atom stereocenters. The summed E-state index contributed by atoms with van der Waals surface area (Å²) in [6, 6.07) is 2.49. The summed E-state index contributed by atoms with van der Waals surface area (Å²) in [6.07, 6.45) is 0. The van der Waals surface area contributed by atoms with E-state index in [1.165, 1.54) is 6.07 Å². The van der Waals surface area contributed by atoms with Gasteiger partial charge in [0.05, 0.1) is 0 Å². The molecule has 0 spiro atoms. The predicted molar refractivity (Wildman–Crippen MR) is 62.4 cm³/mol. The van der Waals surface area contributed by atoms with Crippen molar-refractivity contribution in [2.75, 3.05) is 0 Å². The molecule has 5 heteroatoms. The summed E-state index contributed by atoms with van der Waals surface area (Å²) >= 11 is 0. The van der Waals surface area contributed by atoms with E-state index in [0.29, 0.717) is 5.56 Å². The molecule has 0 saturated carbocycles. The molecule has 1 aromatic carbocycles. The lowest BCUT2D eigenvalue weighted by atomic mass is 9.86. The molecular weight excluding hydrogens is 236 g/mol. The van der Waals surface area contributed by atoms with Gasteiger partial charge >= 0.3 is 0 Å². The van der Waals surface area contributed by atoms with Crippen LogP contribution in [0.15, 0.2) is 17.7 Å². The maximum atomic E-state index is 11.8. The van der Waals surface area contributed by atoms with Crippen molar-refractivity contribution >= 4 is 23.1 Å². The molecule has 0 heterocycles. The maximum absolute atomic E-state index is 11.8. The van der Waals surface area contributed by atoms with E-state index < -0.39 is 28.7 Å². The molecule has 18 heavy (non-hydrogen) atoms. The van der Waals surface area contributed by atoms with Crippen LogP contribution in [0.4, 0.5) is 0 Å². The Morgan fingerprint density at radius 1 is 1.06 bits per heavy atom. The molecule has 1 aromatic rings. The van der Waals surface area contributed by atoms with Crippen molar-refractivity contribution < 1.29 is 24.6 Å². The van der Waals surface area contributed by atoms with Gasteiger partial charge in [-0.05, 0) is 31.5 Å². The van der Waals surface area contributed by atoms with Crippen LogP contribution in [0.2, 0.25) is 0 Å². The average Bonchev–Trinajstić information content (AvgIpc) is 2.29. The summed E-state index contributed by atoms with van der Waals surface area (Å²) in [6.45, 7) is 2.69. The van der Waals surface area contributed by atoms with E-state index in [1.54, 1.807) is 6.92 Å². The summed E-state index contributed by atoms with van der Waals surface area (Å²) in [5.41, 5.74) is -0.0614. The highest BCUT2D eigenvalue weighted by atomic mass is 16.3. The SMILES string of the molecule is CC(=O)C1=C(O)c2cc(C)c(O)cc2C(=O)C1=O. The molecule has 0 amide bonds. The second kappa shape index (κ2) is 3.80. The Labute approximate surface area is 102 Å². The molecule has 0 aliphatic heterocycles. The smallest absolute Gasteiger partial charge is 0.240 e. The van der Waals surface area contributed by atoms with Crippen LogP contribution in [0.3, 0.4) is 0 Å². The quantitative estimate of drug-likeness (QED) is 0.576. The topological polar surface area (TPSA) is 91.7 Å². The van der Waals surface area contributed by atoms with E-state index >= 15 is 0 Å². The van der Waals surface area contributed by atoms with Crippen LogP contribution >= 0.6 is 0 Å². The van der Waals surface area contributed by atoms with E-state index in [1.807, 2.05) is 0 Å². The molecule has 0 radical (unpaired) electrons. The van der Waals surface area contributed by atoms with Gasteiger partial charge in [-0.2, -0.15) is 0 Å². The van der Waals surface area contributed by atoms with Crippen LogP contribution < -0.4 is 0 Å². The Hall–Kier alpha value is -2.43. The molecule has 0 bridgehead atoms. The van der Waals surface area contributed by atoms with E-state index in [0.717, 1.165) is 13.0 Å². The number of aliphatic hydroxyl groups is 1. The van der Waals surface area contributed by atoms with E-state index in [-0.39, 0.29) is 16.9 Å². The Balaban J connectivity index is 2.83. The van der Waals surface area contributed by atoms with Crippen molar-refractivity contribution in [2.45, 2.75) is 13.8 Å². The van der Waals surface area contributed by atoms with E-state index in [9.17, 15) is 24.6 Å². The van der Waals surface area contributed by atoms with Crippen molar-refractivity contribution in [3.63, 3.8) is 0 Å². The highest BCUT2D eigenvalue weighted by molar-refractivity contribution is 6.57. The van der Waals surface area contributed by atoms with Crippen LogP contribution in [0.25, 0.3) is 5.76 Å². The molecule has 5 nitrogen and oxygen atoms in total. The lowest BCUT2D eigenvalue weighted by Crippen LogP contribution is -2.27. The molecule has 92 valence electrons. The lowest BCUT2D eigenvalue weighted by Gasteiger charge is -2.17. The zero-order valence-corrected chi connectivity index (χ0v) is 9.77. The zero-order chi connectivity index (χ0) is 13.6. The first-order chi connectivity index (χ1) is 8.34. The van der Waals surface area contributed by atoms with Crippen molar-refractivity contribution in [1.29, 1.82) is 0 Å². The van der Waals surface area contributed by atoms with Crippen molar-refractivity contribution in [2.24, 2.45) is 0 Å². The number of hydrogen-bond donors (Lipinski definition) is 2. The highest BCUT2D eigenvalue weighted by Crippen LogP contribution is 2.32. The Kier molecular flexibility index (Phi) is 2.54. The molecule has 0 unspecified atom stereocenters. The number of fused-ring (bicyclic) bond motifs is 1. The third-order valence-corrected chi connectivity index (χ3v) is 2.86. The van der Waals surface area contributed by atoms with Crippen LogP contribution in [-0.4, -0.2) is 27.6 Å². The van der Waals surface area contributed by atoms with Gasteiger partial charge in [-0.3, -0.25) is 14.4 Å². The predicted octanol–water partition coefficient (Wildman–Crippen LogP) is 1.32. The molecule has 0 aromatic heterocycles. The fraction of sp³-hybridized carbons (Fsp3) is 0.154. The van der Waals surface area contributed by atoms with E-state index in [2.05, 4.69) is 0 Å². The van der Waals surface area contributed by atoms with Crippen LogP contribution in [0.5, 0.6) is 5.75 Å². The number of benzene rings is 1. The second-order valence-corrected chi connectivity index (χ2v) is 4.12. The van der Waals surface area contributed by atoms with Gasteiger partial charge < -0.3 is 10.2 Å². The van der Waals surface area contributed by atoms with Gasteiger partial charge in [-0.25, -0.2) is 0 Å². The maximum Gasteiger partial charge on any atom is 0.240 e. The van der Waals surface area contributed by atoms with Crippen LogP contribution in [0, 0.1) is 6.92 Å². The molecule has 0 fully saturated rings. The second-order valence-electron chi connectivity index (χ2n) is 4.12. The number of phenols is 1. The first kappa shape index (κ1) is 12.0. The van der Waals surface area contributed by atoms with Crippen molar-refractivity contribution in [1.82, 2.24) is 0 Å². The third-order valence-electron chi connectivity index (χ3n) is 2.86. The minimum Gasteiger partial charge on any atom is -0.508 e. The largest absolute Gasteiger partial charge is 0.508 e. The third kappa shape index (κ3) is 1.52. The lowest BCUT2D eigenvalue weighted by molar-refractivity contribution is -0.118. The number of rotatable bonds is 1. The average molecular weight is 246 g/mol. The van der Waals surface area contributed by atoms with Gasteiger partial charge in [0, 0.05) is 11.1 Å². The monoisotopic (exact) mass is 246 g/mol. The van der Waals surface area contributed by atoms with Crippen LogP contribution in [-0.2, 0) is 9.59 Å². The molecular formula is C13H10O5. The number of aryl methyl sites for hydroxylation is 1. The van der Waals surface area contributed by atoms with Gasteiger partial charge in [0.15, 0.2) is 5.78 Å². The number of hydrogen-bond acceptors (Lipinski definition) is 5. The number of allylic oxidation sites excluding steroid dienone is 1. The minimum absolute atomic E-state index is 0.0920. The fourth-order valence-electron chi connectivity index (χ4n) is 1.88. The van der Waals surface area contributed by atoms with Gasteiger partial charge in [-0.15, -0.1) is 0 Å². The Morgan fingerprint density at radius 2 is 1.67 bits per heavy atom. The first-order valence-electron chi connectivity index (χ1n) is 5.21. The first-order valence-corrected chi connectivity index (χ1v) is 5.21.